The topological polar surface area (TPSA) is 75.2 Å². The molecule has 2 aliphatic heterocycles. The summed E-state index contributed by atoms with van der Waals surface area (Å²) in [6.45, 7) is 8.15. The van der Waals surface area contributed by atoms with Gasteiger partial charge in [-0.1, -0.05) is 6.92 Å². The fraction of sp³-hybridized carbons (Fsp3) is 0.900. The summed E-state index contributed by atoms with van der Waals surface area (Å²) in [5.74, 6) is 0.963. The van der Waals surface area contributed by atoms with Gasteiger partial charge in [-0.25, -0.2) is 0 Å². The van der Waals surface area contributed by atoms with Crippen molar-refractivity contribution in [2.75, 3.05) is 39.9 Å². The predicted molar refractivity (Wildman–Crippen MR) is 108 cm³/mol. The molecule has 2 rings (SSSR count). The van der Waals surface area contributed by atoms with E-state index in [1.165, 1.54) is 12.8 Å². The first-order chi connectivity index (χ1) is 13.1. The molecule has 2 fully saturated rings. The van der Waals surface area contributed by atoms with Crippen molar-refractivity contribution in [1.29, 1.82) is 0 Å². The summed E-state index contributed by atoms with van der Waals surface area (Å²) in [5, 5.41) is 6.30. The van der Waals surface area contributed by atoms with Crippen molar-refractivity contribution in [1.82, 2.24) is 15.5 Å². The summed E-state index contributed by atoms with van der Waals surface area (Å²) in [6.07, 6.45) is 7.57. The van der Waals surface area contributed by atoms with Gasteiger partial charge in [0.15, 0.2) is 5.96 Å². The molecule has 2 heterocycles. The molecule has 156 valence electrons. The number of hydrogen-bond acceptors (Lipinski definition) is 4. The van der Waals surface area contributed by atoms with E-state index >= 15 is 0 Å². The summed E-state index contributed by atoms with van der Waals surface area (Å²) in [7, 11) is 1.80. The van der Waals surface area contributed by atoms with Gasteiger partial charge in [-0.05, 0) is 45.4 Å². The highest BCUT2D eigenvalue weighted by atomic mass is 16.5. The number of nitrogens with one attached hydrogen (secondary N) is 2. The molecule has 0 aromatic heterocycles. The van der Waals surface area contributed by atoms with Crippen molar-refractivity contribution in [3.05, 3.63) is 0 Å². The molecule has 2 atom stereocenters. The van der Waals surface area contributed by atoms with E-state index in [4.69, 9.17) is 9.47 Å². The highest BCUT2D eigenvalue weighted by molar-refractivity contribution is 5.81. The third-order valence-electron chi connectivity index (χ3n) is 5.40. The van der Waals surface area contributed by atoms with Crippen LogP contribution in [0.4, 0.5) is 0 Å². The minimum atomic E-state index is 0.0874. The number of amides is 1. The van der Waals surface area contributed by atoms with Gasteiger partial charge in [0, 0.05) is 45.8 Å². The third kappa shape index (κ3) is 8.05. The van der Waals surface area contributed by atoms with E-state index in [0.717, 1.165) is 57.9 Å². The van der Waals surface area contributed by atoms with Gasteiger partial charge in [0.25, 0.3) is 0 Å². The maximum atomic E-state index is 11.9. The zero-order valence-electron chi connectivity index (χ0n) is 17.3. The lowest BCUT2D eigenvalue weighted by atomic mass is 10.1. The molecule has 2 N–H and O–H groups in total. The van der Waals surface area contributed by atoms with Gasteiger partial charge < -0.3 is 25.0 Å². The highest BCUT2D eigenvalue weighted by Crippen LogP contribution is 2.17. The molecule has 0 aromatic carbocycles. The molecule has 1 amide bonds. The molecule has 2 saturated heterocycles. The number of likely N-dealkylation sites (tertiary alicyclic amines) is 1. The van der Waals surface area contributed by atoms with Gasteiger partial charge in [-0.15, -0.1) is 0 Å². The van der Waals surface area contributed by atoms with E-state index in [0.29, 0.717) is 19.1 Å². The van der Waals surface area contributed by atoms with E-state index < -0.39 is 0 Å². The number of piperidine rings is 1. The SMILES string of the molecule is CCC(C)NC(=O)CCNC(=NC)N1CCC(OCC2CCCCO2)CC1. The molecule has 0 bridgehead atoms. The van der Waals surface area contributed by atoms with Crippen LogP contribution in [0.2, 0.25) is 0 Å². The van der Waals surface area contributed by atoms with Gasteiger partial charge in [-0.3, -0.25) is 9.79 Å². The first kappa shape index (κ1) is 22.0. The lowest BCUT2D eigenvalue weighted by Crippen LogP contribution is -2.48. The van der Waals surface area contributed by atoms with E-state index in [2.05, 4.69) is 27.4 Å². The molecule has 2 unspecified atom stereocenters. The Morgan fingerprint density at radius 1 is 1.30 bits per heavy atom. The molecule has 0 aliphatic carbocycles. The van der Waals surface area contributed by atoms with Crippen molar-refractivity contribution >= 4 is 11.9 Å². The maximum absolute atomic E-state index is 11.9. The van der Waals surface area contributed by atoms with Gasteiger partial charge in [0.1, 0.15) is 0 Å². The first-order valence-electron chi connectivity index (χ1n) is 10.6. The third-order valence-corrected chi connectivity index (χ3v) is 5.40. The second-order valence-electron chi connectivity index (χ2n) is 7.61. The van der Waals surface area contributed by atoms with Gasteiger partial charge in [-0.2, -0.15) is 0 Å². The summed E-state index contributed by atoms with van der Waals surface area (Å²) in [4.78, 5) is 18.5. The van der Waals surface area contributed by atoms with Crippen molar-refractivity contribution in [2.24, 2.45) is 4.99 Å². The Kier molecular flexibility index (Phi) is 9.91. The molecule has 0 saturated carbocycles. The second kappa shape index (κ2) is 12.2. The van der Waals surface area contributed by atoms with E-state index in [1.54, 1.807) is 7.05 Å². The number of aliphatic imine (C=N–C) groups is 1. The quantitative estimate of drug-likeness (QED) is 0.495. The molecule has 0 radical (unpaired) electrons. The number of rotatable bonds is 8. The normalized spacial score (nSPS) is 23.1. The Bertz CT molecular complexity index is 458. The molecular weight excluding hydrogens is 344 g/mol. The fourth-order valence-electron chi connectivity index (χ4n) is 3.49. The molecule has 2 aliphatic rings. The Morgan fingerprint density at radius 3 is 2.70 bits per heavy atom. The number of hydrogen-bond donors (Lipinski definition) is 2. The van der Waals surface area contributed by atoms with Crippen LogP contribution in [0, 0.1) is 0 Å². The Labute approximate surface area is 164 Å². The zero-order chi connectivity index (χ0) is 19.5. The Hall–Kier alpha value is -1.34. The minimum Gasteiger partial charge on any atom is -0.376 e. The van der Waals surface area contributed by atoms with Crippen LogP contribution in [0.5, 0.6) is 0 Å². The van der Waals surface area contributed by atoms with Crippen molar-refractivity contribution in [2.45, 2.75) is 77.0 Å². The first-order valence-corrected chi connectivity index (χ1v) is 10.6. The summed E-state index contributed by atoms with van der Waals surface area (Å²) >= 11 is 0. The largest absolute Gasteiger partial charge is 0.376 e. The number of nitrogens with zero attached hydrogens (tertiary/aromatic N) is 2. The van der Waals surface area contributed by atoms with Crippen LogP contribution in [0.25, 0.3) is 0 Å². The van der Waals surface area contributed by atoms with Crippen molar-refractivity contribution < 1.29 is 14.3 Å². The zero-order valence-corrected chi connectivity index (χ0v) is 17.3. The van der Waals surface area contributed by atoms with Gasteiger partial charge in [0.05, 0.1) is 18.8 Å². The summed E-state index contributed by atoms with van der Waals surface area (Å²) < 4.78 is 11.8. The number of carbonyl (C=O) groups excluding carboxylic acids is 1. The number of carbonyl (C=O) groups is 1. The van der Waals surface area contributed by atoms with Crippen LogP contribution in [-0.2, 0) is 14.3 Å². The van der Waals surface area contributed by atoms with Crippen molar-refractivity contribution in [3.63, 3.8) is 0 Å². The predicted octanol–water partition coefficient (Wildman–Crippen LogP) is 1.92. The van der Waals surface area contributed by atoms with Crippen LogP contribution in [0.15, 0.2) is 4.99 Å². The highest BCUT2D eigenvalue weighted by Gasteiger charge is 2.23. The smallest absolute Gasteiger partial charge is 0.221 e. The van der Waals surface area contributed by atoms with Crippen LogP contribution in [0.3, 0.4) is 0 Å². The van der Waals surface area contributed by atoms with E-state index in [9.17, 15) is 4.79 Å². The van der Waals surface area contributed by atoms with Crippen LogP contribution < -0.4 is 10.6 Å². The van der Waals surface area contributed by atoms with E-state index in [-0.39, 0.29) is 18.1 Å². The standard InChI is InChI=1S/C20H38N4O3/c1-4-16(2)23-19(25)8-11-22-20(21-3)24-12-9-17(10-13-24)27-15-18-7-5-6-14-26-18/h16-18H,4-15H2,1-3H3,(H,21,22)(H,23,25). The molecule has 0 aromatic rings. The van der Waals surface area contributed by atoms with Gasteiger partial charge >= 0.3 is 0 Å². The van der Waals surface area contributed by atoms with Crippen LogP contribution in [-0.4, -0.2) is 74.9 Å². The maximum Gasteiger partial charge on any atom is 0.221 e. The molecule has 27 heavy (non-hydrogen) atoms. The lowest BCUT2D eigenvalue weighted by molar-refractivity contribution is -0.121. The Balaban J connectivity index is 1.62. The Morgan fingerprint density at radius 2 is 2.07 bits per heavy atom. The lowest BCUT2D eigenvalue weighted by Gasteiger charge is -2.35. The average Bonchev–Trinajstić information content (AvgIpc) is 2.71. The summed E-state index contributed by atoms with van der Waals surface area (Å²) in [6, 6.07) is 0.231. The fourth-order valence-corrected chi connectivity index (χ4v) is 3.49. The molecule has 0 spiro atoms. The number of ether oxygens (including phenoxy) is 2. The minimum absolute atomic E-state index is 0.0874. The monoisotopic (exact) mass is 382 g/mol. The second-order valence-corrected chi connectivity index (χ2v) is 7.61. The molecule has 7 nitrogen and oxygen atoms in total. The number of guanidine groups is 1. The average molecular weight is 383 g/mol. The van der Waals surface area contributed by atoms with E-state index in [1.807, 2.05) is 6.92 Å². The summed E-state index contributed by atoms with van der Waals surface area (Å²) in [5.41, 5.74) is 0. The van der Waals surface area contributed by atoms with Crippen LogP contribution >= 0.6 is 0 Å². The van der Waals surface area contributed by atoms with Crippen molar-refractivity contribution in [3.8, 4) is 0 Å². The van der Waals surface area contributed by atoms with Gasteiger partial charge in [0.2, 0.25) is 5.91 Å². The van der Waals surface area contributed by atoms with Crippen LogP contribution in [0.1, 0.15) is 58.8 Å². The molecule has 7 heteroatoms. The molecular formula is C20H38N4O3.